The highest BCUT2D eigenvalue weighted by atomic mass is 35.5. The molecule has 12 nitrogen and oxygen atoms in total. The first-order valence-corrected chi connectivity index (χ1v) is 15.4. The molecule has 1 heterocycles. The SMILES string of the molecule is CC1CN(Cc2cc(O)c3c(c2Cl)CC2CC4C(N(C)C)C(=O)C(C(N)=O)C(=O)C4(O)C(=O)C2C3=O)CCS1(=O)=O. The van der Waals surface area contributed by atoms with E-state index in [-0.39, 0.29) is 48.8 Å². The van der Waals surface area contributed by atoms with Gasteiger partial charge < -0.3 is 15.9 Å². The minimum Gasteiger partial charge on any atom is -0.507 e. The van der Waals surface area contributed by atoms with Crippen molar-refractivity contribution in [2.75, 3.05) is 32.9 Å². The van der Waals surface area contributed by atoms with Crippen LogP contribution >= 0.6 is 11.6 Å². The maximum absolute atomic E-state index is 13.9. The summed E-state index contributed by atoms with van der Waals surface area (Å²) in [5.41, 5.74) is 3.15. The molecule has 1 aliphatic heterocycles. The van der Waals surface area contributed by atoms with Crippen molar-refractivity contribution in [3.05, 3.63) is 27.8 Å². The Morgan fingerprint density at radius 1 is 1.22 bits per heavy atom. The predicted octanol–water partition coefficient (Wildman–Crippen LogP) is -0.861. The lowest BCUT2D eigenvalue weighted by molar-refractivity contribution is -0.181. The van der Waals surface area contributed by atoms with Crippen LogP contribution in [0, 0.1) is 23.7 Å². The number of sulfone groups is 1. The minimum atomic E-state index is -3.18. The number of aliphatic hydroxyl groups is 1. The zero-order chi connectivity index (χ0) is 30.3. The summed E-state index contributed by atoms with van der Waals surface area (Å²) in [5.74, 6) is -11.3. The number of halogens is 1. The molecule has 41 heavy (non-hydrogen) atoms. The molecule has 1 amide bonds. The topological polar surface area (TPSA) is 192 Å². The van der Waals surface area contributed by atoms with E-state index in [2.05, 4.69) is 0 Å². The van der Waals surface area contributed by atoms with E-state index in [4.69, 9.17) is 17.3 Å². The molecule has 2 saturated carbocycles. The van der Waals surface area contributed by atoms with E-state index >= 15 is 0 Å². The molecule has 0 spiro atoms. The minimum absolute atomic E-state index is 0.0154. The van der Waals surface area contributed by atoms with Crippen LogP contribution in [0.3, 0.4) is 0 Å². The normalized spacial score (nSPS) is 35.2. The number of Topliss-reactive ketones (excluding diaryl/α,β-unsaturated/α-hetero) is 4. The van der Waals surface area contributed by atoms with E-state index in [0.717, 1.165) is 0 Å². The number of nitrogens with zero attached hydrogens (tertiary/aromatic N) is 2. The van der Waals surface area contributed by atoms with Crippen molar-refractivity contribution in [2.45, 2.75) is 43.2 Å². The molecular weight excluding hydrogens is 578 g/mol. The maximum atomic E-state index is 13.9. The van der Waals surface area contributed by atoms with E-state index in [1.54, 1.807) is 6.92 Å². The number of carbonyl (C=O) groups excluding carboxylic acids is 5. The van der Waals surface area contributed by atoms with Crippen molar-refractivity contribution in [3.8, 4) is 5.75 Å². The van der Waals surface area contributed by atoms with E-state index < -0.39 is 85.2 Å². The Morgan fingerprint density at radius 3 is 2.46 bits per heavy atom. The Balaban J connectivity index is 1.53. The number of ketones is 4. The number of rotatable bonds is 4. The summed E-state index contributed by atoms with van der Waals surface area (Å²) in [6, 6.07) is 0.123. The molecule has 4 N–H and O–H groups in total. The lowest BCUT2D eigenvalue weighted by Crippen LogP contribution is -2.74. The van der Waals surface area contributed by atoms with Crippen LogP contribution in [0.2, 0.25) is 5.02 Å². The van der Waals surface area contributed by atoms with Gasteiger partial charge in [-0.2, -0.15) is 0 Å². The molecule has 7 unspecified atom stereocenters. The van der Waals surface area contributed by atoms with Crippen LogP contribution in [0.4, 0.5) is 0 Å². The van der Waals surface area contributed by atoms with Crippen LogP contribution in [0.5, 0.6) is 5.75 Å². The number of hydrogen-bond donors (Lipinski definition) is 3. The molecular formula is C27H32ClN3O9S. The fourth-order valence-electron chi connectivity index (χ4n) is 7.23. The van der Waals surface area contributed by atoms with Gasteiger partial charge in [-0.1, -0.05) is 11.6 Å². The summed E-state index contributed by atoms with van der Waals surface area (Å²) in [7, 11) is -0.152. The van der Waals surface area contributed by atoms with Crippen LogP contribution in [0.1, 0.15) is 34.8 Å². The van der Waals surface area contributed by atoms with Gasteiger partial charge in [0.15, 0.2) is 44.5 Å². The number of nitrogens with two attached hydrogens (primary N) is 1. The number of likely N-dealkylation sites (N-methyl/N-ethyl adjacent to an activating group) is 1. The van der Waals surface area contributed by atoms with Crippen LogP contribution in [-0.4, -0.2) is 107 Å². The number of phenols is 1. The van der Waals surface area contributed by atoms with Crippen molar-refractivity contribution < 1.29 is 42.6 Å². The average molecular weight is 610 g/mol. The molecule has 3 aliphatic carbocycles. The number of hydrogen-bond acceptors (Lipinski definition) is 11. The second kappa shape index (κ2) is 9.94. The van der Waals surface area contributed by atoms with Gasteiger partial charge in [-0.25, -0.2) is 8.42 Å². The number of carbonyl (C=O) groups is 5. The number of primary amides is 1. The smallest absolute Gasteiger partial charge is 0.235 e. The molecule has 0 aromatic heterocycles. The van der Waals surface area contributed by atoms with Gasteiger partial charge in [-0.3, -0.25) is 33.8 Å². The number of amides is 1. The third-order valence-electron chi connectivity index (χ3n) is 9.28. The van der Waals surface area contributed by atoms with Crippen molar-refractivity contribution in [1.29, 1.82) is 0 Å². The molecule has 1 aromatic rings. The Morgan fingerprint density at radius 2 is 1.88 bits per heavy atom. The zero-order valence-corrected chi connectivity index (χ0v) is 24.4. The van der Waals surface area contributed by atoms with Gasteiger partial charge in [0, 0.05) is 30.6 Å². The molecule has 5 rings (SSSR count). The van der Waals surface area contributed by atoms with Gasteiger partial charge >= 0.3 is 0 Å². The summed E-state index contributed by atoms with van der Waals surface area (Å²) < 4.78 is 24.3. The van der Waals surface area contributed by atoms with Gasteiger partial charge in [0.25, 0.3) is 0 Å². The molecule has 7 atom stereocenters. The molecule has 222 valence electrons. The summed E-state index contributed by atoms with van der Waals surface area (Å²) in [5, 5.41) is 22.2. The summed E-state index contributed by atoms with van der Waals surface area (Å²) in [4.78, 5) is 69.5. The average Bonchev–Trinajstić information content (AvgIpc) is 2.86. The van der Waals surface area contributed by atoms with E-state index in [1.807, 2.05) is 4.90 Å². The maximum Gasteiger partial charge on any atom is 0.235 e. The third-order valence-corrected chi connectivity index (χ3v) is 11.9. The van der Waals surface area contributed by atoms with Gasteiger partial charge in [0.1, 0.15) is 5.75 Å². The predicted molar refractivity (Wildman–Crippen MR) is 145 cm³/mol. The molecule has 14 heteroatoms. The number of benzene rings is 1. The van der Waals surface area contributed by atoms with Gasteiger partial charge in [-0.05, 0) is 57.0 Å². The molecule has 1 aromatic carbocycles. The Hall–Kier alpha value is -2.71. The Kier molecular flexibility index (Phi) is 7.22. The lowest BCUT2D eigenvalue weighted by atomic mass is 9.52. The Bertz CT molecular complexity index is 1510. The van der Waals surface area contributed by atoms with E-state index in [1.165, 1.54) is 25.1 Å². The van der Waals surface area contributed by atoms with E-state index in [9.17, 15) is 42.6 Å². The van der Waals surface area contributed by atoms with Crippen molar-refractivity contribution in [1.82, 2.24) is 9.80 Å². The van der Waals surface area contributed by atoms with Gasteiger partial charge in [0.2, 0.25) is 5.91 Å². The fraction of sp³-hybridized carbons (Fsp3) is 0.593. The molecule has 0 radical (unpaired) electrons. The summed E-state index contributed by atoms with van der Waals surface area (Å²) in [6.07, 6.45) is -0.0242. The summed E-state index contributed by atoms with van der Waals surface area (Å²) in [6.45, 7) is 2.40. The number of aromatic hydroxyl groups is 1. The van der Waals surface area contributed by atoms with E-state index in [0.29, 0.717) is 11.1 Å². The lowest BCUT2D eigenvalue weighted by Gasteiger charge is -2.52. The van der Waals surface area contributed by atoms with Crippen LogP contribution in [0.15, 0.2) is 6.07 Å². The second-order valence-electron chi connectivity index (χ2n) is 11.9. The number of phenolic OH excluding ortho intramolecular Hbond substituents is 1. The number of fused-ring (bicyclic) bond motifs is 3. The highest BCUT2D eigenvalue weighted by Crippen LogP contribution is 2.51. The highest BCUT2D eigenvalue weighted by Gasteiger charge is 2.69. The zero-order valence-electron chi connectivity index (χ0n) is 22.8. The third kappa shape index (κ3) is 4.35. The van der Waals surface area contributed by atoms with Crippen LogP contribution < -0.4 is 5.73 Å². The molecule has 3 fully saturated rings. The molecule has 1 saturated heterocycles. The van der Waals surface area contributed by atoms with Crippen LogP contribution in [0.25, 0.3) is 0 Å². The van der Waals surface area contributed by atoms with Crippen molar-refractivity contribution in [3.63, 3.8) is 0 Å². The first-order chi connectivity index (χ1) is 19.0. The molecule has 4 aliphatic rings. The van der Waals surface area contributed by atoms with Crippen LogP contribution in [-0.2, 0) is 42.0 Å². The monoisotopic (exact) mass is 609 g/mol. The molecule has 0 bridgehead atoms. The van der Waals surface area contributed by atoms with Crippen molar-refractivity contribution in [2.24, 2.45) is 29.4 Å². The quantitative estimate of drug-likeness (QED) is 0.360. The summed E-state index contributed by atoms with van der Waals surface area (Å²) >= 11 is 6.78. The first-order valence-electron chi connectivity index (χ1n) is 13.3. The second-order valence-corrected chi connectivity index (χ2v) is 14.8. The standard InChI is InChI=1S/C27H32ClN3O9S/c1-11-9-31(4-5-41(11,39)40)10-13-8-16(32)18-14(20(13)28)6-12-7-15-21(30(2)3)23(34)19(26(29)37)25(36)27(15,38)24(35)17(12)22(18)33/h8,11-12,15,17,19,21,32,38H,4-7,9-10H2,1-3H3,(H2,29,37). The van der Waals surface area contributed by atoms with Crippen molar-refractivity contribution >= 4 is 50.5 Å². The fourth-order valence-corrected chi connectivity index (χ4v) is 8.87. The highest BCUT2D eigenvalue weighted by molar-refractivity contribution is 7.92. The van der Waals surface area contributed by atoms with Gasteiger partial charge in [-0.15, -0.1) is 0 Å². The Labute approximate surface area is 241 Å². The first kappa shape index (κ1) is 29.8. The largest absolute Gasteiger partial charge is 0.507 e. The van der Waals surface area contributed by atoms with Gasteiger partial charge in [0.05, 0.1) is 28.5 Å².